The van der Waals surface area contributed by atoms with Gasteiger partial charge in [-0.2, -0.15) is 0 Å². The molecule has 0 radical (unpaired) electrons. The molecule has 0 saturated carbocycles. The zero-order valence-electron chi connectivity index (χ0n) is 11.2. The van der Waals surface area contributed by atoms with Crippen LogP contribution in [0, 0.1) is 0 Å². The van der Waals surface area contributed by atoms with Crippen LogP contribution in [0.15, 0.2) is 54.6 Å². The van der Waals surface area contributed by atoms with E-state index in [1.807, 2.05) is 37.3 Å². The van der Waals surface area contributed by atoms with Gasteiger partial charge in [0.25, 0.3) is 0 Å². The molecular weight excluding hydrogens is 256 g/mol. The van der Waals surface area contributed by atoms with Crippen molar-refractivity contribution in [2.45, 2.75) is 25.1 Å². The van der Waals surface area contributed by atoms with Crippen molar-refractivity contribution in [3.05, 3.63) is 65.7 Å². The van der Waals surface area contributed by atoms with Crippen LogP contribution in [0.25, 0.3) is 0 Å². The number of hydrogen-bond donors (Lipinski definition) is 0. The number of alkyl halides is 1. The van der Waals surface area contributed by atoms with Gasteiger partial charge in [0.05, 0.1) is 12.0 Å². The summed E-state index contributed by atoms with van der Waals surface area (Å²) in [6.45, 7) is 2.70. The molecule has 0 heterocycles. The molecule has 0 aliphatic carbocycles. The molecule has 0 fully saturated rings. The van der Waals surface area contributed by atoms with Crippen LogP contribution in [0.2, 0.25) is 0 Å². The molecule has 2 aromatic carbocycles. The second-order valence-corrected chi connectivity index (χ2v) is 5.02. The molecule has 2 aromatic rings. The fourth-order valence-electron chi connectivity index (χ4n) is 2.04. The molecule has 2 rings (SSSR count). The summed E-state index contributed by atoms with van der Waals surface area (Å²) in [6, 6.07) is 18.5. The van der Waals surface area contributed by atoms with Crippen LogP contribution in [0.3, 0.4) is 0 Å². The molecule has 0 aromatic heterocycles. The number of benzene rings is 2. The molecule has 2 heteroatoms. The summed E-state index contributed by atoms with van der Waals surface area (Å²) in [7, 11) is 0. The van der Waals surface area contributed by atoms with E-state index < -0.39 is 0 Å². The maximum atomic E-state index is 6.41. The Morgan fingerprint density at radius 1 is 1.00 bits per heavy atom. The smallest absolute Gasteiger partial charge is 0.119 e. The van der Waals surface area contributed by atoms with E-state index in [0.717, 1.165) is 18.6 Å². The van der Waals surface area contributed by atoms with Crippen LogP contribution in [0.4, 0.5) is 0 Å². The predicted octanol–water partition coefficient (Wildman–Crippen LogP) is 5.00. The molecule has 1 atom stereocenters. The van der Waals surface area contributed by atoms with Crippen LogP contribution in [-0.2, 0) is 6.42 Å². The Balaban J connectivity index is 1.88. The number of aryl methyl sites for hydroxylation is 1. The zero-order valence-corrected chi connectivity index (χ0v) is 11.9. The Bertz CT molecular complexity index is 478. The van der Waals surface area contributed by atoms with Crippen LogP contribution in [0.1, 0.15) is 29.8 Å². The van der Waals surface area contributed by atoms with Crippen molar-refractivity contribution in [1.82, 2.24) is 0 Å². The molecule has 1 unspecified atom stereocenters. The van der Waals surface area contributed by atoms with Crippen molar-refractivity contribution in [3.63, 3.8) is 0 Å². The lowest BCUT2D eigenvalue weighted by Crippen LogP contribution is -1.95. The predicted molar refractivity (Wildman–Crippen MR) is 81.0 cm³/mol. The summed E-state index contributed by atoms with van der Waals surface area (Å²) in [5.41, 5.74) is 2.49. The quantitative estimate of drug-likeness (QED) is 0.674. The van der Waals surface area contributed by atoms with Crippen molar-refractivity contribution < 1.29 is 4.74 Å². The van der Waals surface area contributed by atoms with E-state index in [4.69, 9.17) is 16.3 Å². The molecule has 0 saturated heterocycles. The summed E-state index contributed by atoms with van der Waals surface area (Å²) < 4.78 is 5.43. The van der Waals surface area contributed by atoms with E-state index >= 15 is 0 Å². The third-order valence-corrected chi connectivity index (χ3v) is 3.55. The van der Waals surface area contributed by atoms with E-state index in [1.54, 1.807) is 0 Å². The number of rotatable bonds is 6. The number of halogens is 1. The Morgan fingerprint density at radius 3 is 2.32 bits per heavy atom. The molecule has 0 spiro atoms. The van der Waals surface area contributed by atoms with Crippen LogP contribution < -0.4 is 4.74 Å². The molecule has 1 nitrogen and oxygen atoms in total. The first-order valence-electron chi connectivity index (χ1n) is 6.70. The highest BCUT2D eigenvalue weighted by Gasteiger charge is 2.07. The van der Waals surface area contributed by atoms with Gasteiger partial charge in [-0.25, -0.2) is 0 Å². The van der Waals surface area contributed by atoms with Gasteiger partial charge >= 0.3 is 0 Å². The number of ether oxygens (including phenoxy) is 1. The number of hydrogen-bond acceptors (Lipinski definition) is 1. The molecule has 0 N–H and O–H groups in total. The molecule has 0 aliphatic heterocycles. The topological polar surface area (TPSA) is 9.23 Å². The van der Waals surface area contributed by atoms with Crippen molar-refractivity contribution in [3.8, 4) is 5.75 Å². The first kappa shape index (κ1) is 14.0. The third kappa shape index (κ3) is 4.29. The van der Waals surface area contributed by atoms with Gasteiger partial charge in [0.2, 0.25) is 0 Å². The maximum Gasteiger partial charge on any atom is 0.119 e. The Kier molecular flexibility index (Phi) is 5.29. The fraction of sp³-hybridized carbons (Fsp3) is 0.294. The zero-order chi connectivity index (χ0) is 13.5. The fourth-order valence-corrected chi connectivity index (χ4v) is 2.30. The van der Waals surface area contributed by atoms with Crippen molar-refractivity contribution in [2.75, 3.05) is 6.61 Å². The van der Waals surface area contributed by atoms with Crippen molar-refractivity contribution in [1.29, 1.82) is 0 Å². The standard InChI is InChI=1S/C17H19ClO/c1-2-19-16-11-8-14(9-12-16)10-13-17(18)15-6-4-3-5-7-15/h3-9,11-12,17H,2,10,13H2,1H3. The summed E-state index contributed by atoms with van der Waals surface area (Å²) >= 11 is 6.41. The second-order valence-electron chi connectivity index (χ2n) is 4.49. The van der Waals surface area contributed by atoms with E-state index in [0.29, 0.717) is 6.61 Å². The largest absolute Gasteiger partial charge is 0.494 e. The summed E-state index contributed by atoms with van der Waals surface area (Å²) in [5.74, 6) is 0.928. The lowest BCUT2D eigenvalue weighted by atomic mass is 10.0. The van der Waals surface area contributed by atoms with Gasteiger partial charge in [-0.15, -0.1) is 11.6 Å². The van der Waals surface area contributed by atoms with Gasteiger partial charge in [0.1, 0.15) is 5.75 Å². The third-order valence-electron chi connectivity index (χ3n) is 3.08. The molecule has 0 amide bonds. The van der Waals surface area contributed by atoms with Gasteiger partial charge < -0.3 is 4.74 Å². The monoisotopic (exact) mass is 274 g/mol. The Labute approximate surface area is 120 Å². The van der Waals surface area contributed by atoms with Crippen LogP contribution in [0.5, 0.6) is 5.75 Å². The Hall–Kier alpha value is -1.47. The summed E-state index contributed by atoms with van der Waals surface area (Å²) in [6.07, 6.45) is 1.93. The normalized spacial score (nSPS) is 12.1. The van der Waals surface area contributed by atoms with E-state index in [-0.39, 0.29) is 5.38 Å². The minimum atomic E-state index is 0.0766. The molecule has 100 valence electrons. The molecule has 19 heavy (non-hydrogen) atoms. The summed E-state index contributed by atoms with van der Waals surface area (Å²) in [5, 5.41) is 0.0766. The molecular formula is C17H19ClO. The Morgan fingerprint density at radius 2 is 1.68 bits per heavy atom. The minimum absolute atomic E-state index is 0.0766. The average molecular weight is 275 g/mol. The highest BCUT2D eigenvalue weighted by molar-refractivity contribution is 6.20. The van der Waals surface area contributed by atoms with Gasteiger partial charge in [0.15, 0.2) is 0 Å². The average Bonchev–Trinajstić information content (AvgIpc) is 2.47. The second kappa shape index (κ2) is 7.20. The van der Waals surface area contributed by atoms with Gasteiger partial charge in [0, 0.05) is 0 Å². The first-order chi connectivity index (χ1) is 9.29. The van der Waals surface area contributed by atoms with E-state index in [1.165, 1.54) is 11.1 Å². The minimum Gasteiger partial charge on any atom is -0.494 e. The van der Waals surface area contributed by atoms with Gasteiger partial charge in [-0.1, -0.05) is 42.5 Å². The van der Waals surface area contributed by atoms with Crippen molar-refractivity contribution in [2.24, 2.45) is 0 Å². The van der Waals surface area contributed by atoms with Gasteiger partial charge in [-0.05, 0) is 43.0 Å². The lowest BCUT2D eigenvalue weighted by Gasteiger charge is -2.10. The SMILES string of the molecule is CCOc1ccc(CCC(Cl)c2ccccc2)cc1. The van der Waals surface area contributed by atoms with E-state index in [9.17, 15) is 0 Å². The van der Waals surface area contributed by atoms with Crippen molar-refractivity contribution >= 4 is 11.6 Å². The first-order valence-corrected chi connectivity index (χ1v) is 7.14. The maximum absolute atomic E-state index is 6.41. The van der Waals surface area contributed by atoms with E-state index in [2.05, 4.69) is 24.3 Å². The van der Waals surface area contributed by atoms with Crippen LogP contribution >= 0.6 is 11.6 Å². The van der Waals surface area contributed by atoms with Gasteiger partial charge in [-0.3, -0.25) is 0 Å². The molecule has 0 bridgehead atoms. The lowest BCUT2D eigenvalue weighted by molar-refractivity contribution is 0.340. The molecule has 0 aliphatic rings. The highest BCUT2D eigenvalue weighted by atomic mass is 35.5. The van der Waals surface area contributed by atoms with Crippen LogP contribution in [-0.4, -0.2) is 6.61 Å². The highest BCUT2D eigenvalue weighted by Crippen LogP contribution is 2.26. The summed E-state index contributed by atoms with van der Waals surface area (Å²) in [4.78, 5) is 0.